The van der Waals surface area contributed by atoms with Gasteiger partial charge in [0.25, 0.3) is 10.0 Å². The zero-order valence-corrected chi connectivity index (χ0v) is 20.4. The number of sulfonamides is 1. The Labute approximate surface area is 191 Å². The highest BCUT2D eigenvalue weighted by molar-refractivity contribution is 7.93. The Bertz CT molecular complexity index is 988. The molecule has 8 heteroatoms. The third-order valence-electron chi connectivity index (χ3n) is 4.90. The number of carbonyl (C=O) groups is 1. The molecule has 0 aromatic heterocycles. The minimum Gasteiger partial charge on any atom is -0.495 e. The van der Waals surface area contributed by atoms with Crippen molar-refractivity contribution in [3.8, 4) is 5.75 Å². The minimum atomic E-state index is -4.06. The number of aryl methyl sites for hydroxylation is 2. The Hall–Kier alpha value is -2.58. The van der Waals surface area contributed by atoms with E-state index in [9.17, 15) is 13.2 Å². The predicted octanol–water partition coefficient (Wildman–Crippen LogP) is 3.69. The fourth-order valence-electron chi connectivity index (χ4n) is 3.12. The number of ether oxygens (including phenoxy) is 2. The Morgan fingerprint density at radius 1 is 1.12 bits per heavy atom. The molecular formula is C24H34N2O5S. The van der Waals surface area contributed by atoms with Crippen LogP contribution in [0.1, 0.15) is 38.3 Å². The van der Waals surface area contributed by atoms with Gasteiger partial charge in [-0.25, -0.2) is 8.42 Å². The molecule has 1 N–H and O–H groups in total. The highest BCUT2D eigenvalue weighted by Gasteiger charge is 2.30. The summed E-state index contributed by atoms with van der Waals surface area (Å²) in [7, 11) is -2.63. The van der Waals surface area contributed by atoms with Gasteiger partial charge in [0.2, 0.25) is 5.91 Å². The number of anilines is 1. The van der Waals surface area contributed by atoms with Gasteiger partial charge in [-0.3, -0.25) is 9.10 Å². The summed E-state index contributed by atoms with van der Waals surface area (Å²) in [5, 5.41) is 2.79. The Kier molecular flexibility index (Phi) is 9.53. The number of rotatable bonds is 12. The fraction of sp³-hybridized carbons (Fsp3) is 0.458. The van der Waals surface area contributed by atoms with Gasteiger partial charge in [0.1, 0.15) is 17.2 Å². The predicted molar refractivity (Wildman–Crippen MR) is 127 cm³/mol. The molecule has 32 heavy (non-hydrogen) atoms. The van der Waals surface area contributed by atoms with Crippen molar-refractivity contribution in [1.82, 2.24) is 5.32 Å². The molecule has 1 amide bonds. The number of hydrogen-bond acceptors (Lipinski definition) is 5. The first kappa shape index (κ1) is 25.7. The number of carbonyl (C=O) groups excluding carboxylic acids is 1. The van der Waals surface area contributed by atoms with Crippen LogP contribution in [0.2, 0.25) is 0 Å². The second-order valence-electron chi connectivity index (χ2n) is 7.81. The zero-order valence-electron chi connectivity index (χ0n) is 19.6. The molecule has 0 radical (unpaired) electrons. The molecule has 0 fully saturated rings. The van der Waals surface area contributed by atoms with Crippen molar-refractivity contribution in [2.75, 3.05) is 31.1 Å². The van der Waals surface area contributed by atoms with Crippen molar-refractivity contribution in [2.45, 2.75) is 51.5 Å². The van der Waals surface area contributed by atoms with E-state index in [-0.39, 0.29) is 29.2 Å². The number of hydrogen-bond donors (Lipinski definition) is 1. The summed E-state index contributed by atoms with van der Waals surface area (Å²) < 4.78 is 39.2. The van der Waals surface area contributed by atoms with Crippen molar-refractivity contribution < 1.29 is 22.7 Å². The standard InChI is InChI=1S/C24H34N2O5S/c1-6-20-9-11-21(12-10-20)26(17-24(27)25-14-7-15-31-18(2)3)32(28,29)23-16-19(4)8-13-22(23)30-5/h8-13,16,18H,6-7,14-15,17H2,1-5H3,(H,25,27). The van der Waals surface area contributed by atoms with Crippen molar-refractivity contribution in [1.29, 1.82) is 0 Å². The van der Waals surface area contributed by atoms with E-state index in [0.29, 0.717) is 25.3 Å². The van der Waals surface area contributed by atoms with Gasteiger partial charge in [-0.2, -0.15) is 0 Å². The molecule has 2 rings (SSSR count). The van der Waals surface area contributed by atoms with E-state index in [1.807, 2.05) is 39.8 Å². The summed E-state index contributed by atoms with van der Waals surface area (Å²) in [6.07, 6.45) is 1.60. The molecule has 2 aromatic carbocycles. The average molecular weight is 463 g/mol. The van der Waals surface area contributed by atoms with Gasteiger partial charge in [0.05, 0.1) is 18.9 Å². The largest absolute Gasteiger partial charge is 0.495 e. The zero-order chi connectivity index (χ0) is 23.7. The van der Waals surface area contributed by atoms with Gasteiger partial charge >= 0.3 is 0 Å². The summed E-state index contributed by atoms with van der Waals surface area (Å²) in [4.78, 5) is 12.7. The SMILES string of the molecule is CCc1ccc(N(CC(=O)NCCCOC(C)C)S(=O)(=O)c2cc(C)ccc2OC)cc1. The molecule has 0 heterocycles. The van der Waals surface area contributed by atoms with E-state index in [1.165, 1.54) is 7.11 Å². The quantitative estimate of drug-likeness (QED) is 0.486. The van der Waals surface area contributed by atoms with E-state index in [2.05, 4.69) is 5.32 Å². The van der Waals surface area contributed by atoms with Crippen LogP contribution in [-0.2, 0) is 26.0 Å². The van der Waals surface area contributed by atoms with E-state index in [4.69, 9.17) is 9.47 Å². The number of nitrogens with one attached hydrogen (secondary N) is 1. The van der Waals surface area contributed by atoms with Crippen molar-refractivity contribution >= 4 is 21.6 Å². The monoisotopic (exact) mass is 462 g/mol. The van der Waals surface area contributed by atoms with E-state index in [1.54, 1.807) is 30.3 Å². The molecule has 0 spiro atoms. The van der Waals surface area contributed by atoms with Crippen LogP contribution in [0.15, 0.2) is 47.4 Å². The highest BCUT2D eigenvalue weighted by Crippen LogP contribution is 2.31. The van der Waals surface area contributed by atoms with Crippen molar-refractivity contribution in [2.24, 2.45) is 0 Å². The third-order valence-corrected chi connectivity index (χ3v) is 6.70. The number of nitrogens with zero attached hydrogens (tertiary/aromatic N) is 1. The van der Waals surface area contributed by atoms with Crippen LogP contribution in [-0.4, -0.2) is 47.2 Å². The lowest BCUT2D eigenvalue weighted by atomic mass is 10.1. The maximum atomic E-state index is 13.7. The maximum Gasteiger partial charge on any atom is 0.268 e. The number of amides is 1. The topological polar surface area (TPSA) is 84.9 Å². The summed E-state index contributed by atoms with van der Waals surface area (Å²) in [5.41, 5.74) is 2.28. The van der Waals surface area contributed by atoms with Crippen LogP contribution in [0.4, 0.5) is 5.69 Å². The molecule has 0 bridgehead atoms. The van der Waals surface area contributed by atoms with Crippen LogP contribution in [0.3, 0.4) is 0 Å². The van der Waals surface area contributed by atoms with Crippen molar-refractivity contribution in [3.05, 3.63) is 53.6 Å². The molecule has 2 aromatic rings. The molecule has 0 aliphatic carbocycles. The van der Waals surface area contributed by atoms with Gasteiger partial charge in [-0.05, 0) is 69.0 Å². The Morgan fingerprint density at radius 3 is 2.41 bits per heavy atom. The van der Waals surface area contributed by atoms with Crippen LogP contribution in [0.5, 0.6) is 5.75 Å². The lowest BCUT2D eigenvalue weighted by molar-refractivity contribution is -0.119. The first-order valence-electron chi connectivity index (χ1n) is 10.8. The van der Waals surface area contributed by atoms with Gasteiger partial charge < -0.3 is 14.8 Å². The lowest BCUT2D eigenvalue weighted by Gasteiger charge is -2.25. The third kappa shape index (κ3) is 6.97. The molecule has 0 saturated carbocycles. The summed E-state index contributed by atoms with van der Waals surface area (Å²) in [6, 6.07) is 12.1. The molecule has 0 unspecified atom stereocenters. The summed E-state index contributed by atoms with van der Waals surface area (Å²) >= 11 is 0. The highest BCUT2D eigenvalue weighted by atomic mass is 32.2. The maximum absolute atomic E-state index is 13.7. The summed E-state index contributed by atoms with van der Waals surface area (Å²) in [5.74, 6) is -0.152. The molecule has 7 nitrogen and oxygen atoms in total. The van der Waals surface area contributed by atoms with Crippen LogP contribution >= 0.6 is 0 Å². The van der Waals surface area contributed by atoms with Gasteiger partial charge in [-0.1, -0.05) is 25.1 Å². The summed E-state index contributed by atoms with van der Waals surface area (Å²) in [6.45, 7) is 8.33. The van der Waals surface area contributed by atoms with Crippen LogP contribution in [0.25, 0.3) is 0 Å². The van der Waals surface area contributed by atoms with Gasteiger partial charge in [-0.15, -0.1) is 0 Å². The number of methoxy groups -OCH3 is 1. The minimum absolute atomic E-state index is 0.0256. The molecule has 0 saturated heterocycles. The van der Waals surface area contributed by atoms with Crippen molar-refractivity contribution in [3.63, 3.8) is 0 Å². The Morgan fingerprint density at radius 2 is 1.81 bits per heavy atom. The van der Waals surface area contributed by atoms with E-state index >= 15 is 0 Å². The van der Waals surface area contributed by atoms with Gasteiger partial charge in [0.15, 0.2) is 0 Å². The second kappa shape index (κ2) is 11.9. The molecular weight excluding hydrogens is 428 g/mol. The molecule has 0 aliphatic rings. The lowest BCUT2D eigenvalue weighted by Crippen LogP contribution is -2.41. The Balaban J connectivity index is 2.30. The fourth-order valence-corrected chi connectivity index (χ4v) is 4.79. The number of benzene rings is 2. The van der Waals surface area contributed by atoms with E-state index in [0.717, 1.165) is 21.9 Å². The second-order valence-corrected chi connectivity index (χ2v) is 9.64. The van der Waals surface area contributed by atoms with Crippen LogP contribution in [0, 0.1) is 6.92 Å². The average Bonchev–Trinajstić information content (AvgIpc) is 2.77. The van der Waals surface area contributed by atoms with E-state index < -0.39 is 10.0 Å². The molecule has 0 atom stereocenters. The first-order valence-corrected chi connectivity index (χ1v) is 12.3. The molecule has 0 aliphatic heterocycles. The first-order chi connectivity index (χ1) is 15.2. The van der Waals surface area contributed by atoms with Crippen LogP contribution < -0.4 is 14.4 Å². The van der Waals surface area contributed by atoms with Gasteiger partial charge in [0, 0.05) is 13.2 Å². The molecule has 176 valence electrons. The normalized spacial score (nSPS) is 11.4. The smallest absolute Gasteiger partial charge is 0.268 e.